The van der Waals surface area contributed by atoms with Crippen LogP contribution in [-0.2, 0) is 14.3 Å². The minimum absolute atomic E-state index is 0.0351. The predicted octanol–water partition coefficient (Wildman–Crippen LogP) is 4.02. The van der Waals surface area contributed by atoms with Crippen molar-refractivity contribution in [2.45, 2.75) is 44.1 Å². The van der Waals surface area contributed by atoms with Crippen molar-refractivity contribution in [2.24, 2.45) is 11.8 Å². The molecule has 2 aromatic carbocycles. The molecule has 0 radical (unpaired) electrons. The Morgan fingerprint density at radius 2 is 1.65 bits per heavy atom. The van der Waals surface area contributed by atoms with Gasteiger partial charge in [0.15, 0.2) is 0 Å². The largest absolute Gasteiger partial charge is 0.481 e. The Kier molecular flexibility index (Phi) is 6.26. The summed E-state index contributed by atoms with van der Waals surface area (Å²) in [5, 5.41) is 11.9. The number of carbonyl (C=O) groups is 3. The highest BCUT2D eigenvalue weighted by Gasteiger charge is 2.41. The number of ether oxygens (including phenoxy) is 1. The number of nitrogens with one attached hydrogen (secondary N) is 1. The first-order chi connectivity index (χ1) is 16.5. The zero-order chi connectivity index (χ0) is 23.7. The van der Waals surface area contributed by atoms with Gasteiger partial charge in [0.2, 0.25) is 5.91 Å². The first-order valence-electron chi connectivity index (χ1n) is 12.1. The van der Waals surface area contributed by atoms with Gasteiger partial charge in [0.05, 0.1) is 0 Å². The van der Waals surface area contributed by atoms with Gasteiger partial charge in [0.1, 0.15) is 12.6 Å². The molecule has 2 aromatic rings. The number of benzene rings is 2. The van der Waals surface area contributed by atoms with Crippen LogP contribution >= 0.6 is 0 Å². The van der Waals surface area contributed by atoms with Crippen LogP contribution in [0.25, 0.3) is 11.1 Å². The molecule has 2 amide bonds. The van der Waals surface area contributed by atoms with Crippen molar-refractivity contribution in [3.8, 4) is 11.1 Å². The Morgan fingerprint density at radius 1 is 1.00 bits per heavy atom. The number of likely N-dealkylation sites (tertiary alicyclic amines) is 1. The minimum Gasteiger partial charge on any atom is -0.481 e. The van der Waals surface area contributed by atoms with Crippen LogP contribution in [0, 0.1) is 11.8 Å². The van der Waals surface area contributed by atoms with Gasteiger partial charge in [-0.05, 0) is 59.8 Å². The molecule has 1 saturated carbocycles. The van der Waals surface area contributed by atoms with Crippen LogP contribution in [0.15, 0.2) is 48.5 Å². The van der Waals surface area contributed by atoms with Crippen molar-refractivity contribution in [3.05, 3.63) is 59.7 Å². The molecule has 2 atom stereocenters. The number of hydrogen-bond donors (Lipinski definition) is 2. The number of rotatable bonds is 7. The average Bonchev–Trinajstić information content (AvgIpc) is 3.63. The molecule has 0 bridgehead atoms. The number of hydrogen-bond acceptors (Lipinski definition) is 4. The van der Waals surface area contributed by atoms with Crippen LogP contribution < -0.4 is 5.32 Å². The SMILES string of the molecule is O=C(O)CC1CCCN(C(=O)C(NC(=O)OCC2c3ccccc3-c3ccccc32)C2CC2)C1. The number of carboxylic acids is 1. The summed E-state index contributed by atoms with van der Waals surface area (Å²) in [7, 11) is 0. The normalized spacial score (nSPS) is 20.2. The fourth-order valence-electron chi connectivity index (χ4n) is 5.45. The third-order valence-corrected chi connectivity index (χ3v) is 7.27. The van der Waals surface area contributed by atoms with E-state index in [4.69, 9.17) is 9.84 Å². The Morgan fingerprint density at radius 3 is 2.26 bits per heavy atom. The molecule has 178 valence electrons. The Bertz CT molecular complexity index is 1050. The van der Waals surface area contributed by atoms with Gasteiger partial charge in [-0.15, -0.1) is 0 Å². The van der Waals surface area contributed by atoms with Crippen molar-refractivity contribution in [2.75, 3.05) is 19.7 Å². The van der Waals surface area contributed by atoms with Crippen molar-refractivity contribution >= 4 is 18.0 Å². The highest BCUT2D eigenvalue weighted by atomic mass is 16.5. The second-order valence-corrected chi connectivity index (χ2v) is 9.68. The maximum Gasteiger partial charge on any atom is 0.407 e. The van der Waals surface area contributed by atoms with E-state index in [1.54, 1.807) is 4.90 Å². The maximum absolute atomic E-state index is 13.2. The van der Waals surface area contributed by atoms with Gasteiger partial charge >= 0.3 is 12.1 Å². The number of carbonyl (C=O) groups excluding carboxylic acids is 2. The van der Waals surface area contributed by atoms with Gasteiger partial charge in [-0.25, -0.2) is 4.79 Å². The van der Waals surface area contributed by atoms with Crippen molar-refractivity contribution in [1.82, 2.24) is 10.2 Å². The molecule has 5 rings (SSSR count). The highest BCUT2D eigenvalue weighted by molar-refractivity contribution is 5.86. The lowest BCUT2D eigenvalue weighted by Gasteiger charge is -2.34. The fourth-order valence-corrected chi connectivity index (χ4v) is 5.45. The lowest BCUT2D eigenvalue weighted by Crippen LogP contribution is -2.52. The molecule has 1 heterocycles. The average molecular weight is 463 g/mol. The number of aliphatic carboxylic acids is 1. The Hall–Kier alpha value is -3.35. The van der Waals surface area contributed by atoms with Gasteiger partial charge < -0.3 is 20.1 Å². The summed E-state index contributed by atoms with van der Waals surface area (Å²) < 4.78 is 5.66. The monoisotopic (exact) mass is 462 g/mol. The molecule has 2 N–H and O–H groups in total. The van der Waals surface area contributed by atoms with E-state index in [9.17, 15) is 14.4 Å². The Labute approximate surface area is 199 Å². The van der Waals surface area contributed by atoms with E-state index < -0.39 is 18.1 Å². The summed E-state index contributed by atoms with van der Waals surface area (Å²) in [4.78, 5) is 38.8. The van der Waals surface area contributed by atoms with E-state index >= 15 is 0 Å². The molecular formula is C27H30N2O5. The molecule has 2 fully saturated rings. The molecule has 2 aliphatic carbocycles. The van der Waals surface area contributed by atoms with Crippen LogP contribution in [0.3, 0.4) is 0 Å². The fraction of sp³-hybridized carbons (Fsp3) is 0.444. The highest BCUT2D eigenvalue weighted by Crippen LogP contribution is 2.44. The quantitative estimate of drug-likeness (QED) is 0.648. The Balaban J connectivity index is 1.22. The van der Waals surface area contributed by atoms with Crippen LogP contribution in [0.5, 0.6) is 0 Å². The van der Waals surface area contributed by atoms with E-state index in [-0.39, 0.29) is 36.7 Å². The number of piperidine rings is 1. The van der Waals surface area contributed by atoms with Crippen molar-refractivity contribution in [1.29, 1.82) is 0 Å². The number of fused-ring (bicyclic) bond motifs is 3. The molecule has 7 nitrogen and oxygen atoms in total. The van der Waals surface area contributed by atoms with Crippen LogP contribution in [0.4, 0.5) is 4.79 Å². The van der Waals surface area contributed by atoms with Crippen LogP contribution in [-0.4, -0.2) is 53.7 Å². The summed E-state index contributed by atoms with van der Waals surface area (Å²) in [5.41, 5.74) is 4.62. The first kappa shape index (κ1) is 22.4. The van der Waals surface area contributed by atoms with E-state index in [1.807, 2.05) is 24.3 Å². The van der Waals surface area contributed by atoms with Crippen molar-refractivity contribution in [3.63, 3.8) is 0 Å². The lowest BCUT2D eigenvalue weighted by molar-refractivity contribution is -0.141. The van der Waals surface area contributed by atoms with E-state index in [1.165, 1.54) is 11.1 Å². The number of amides is 2. The predicted molar refractivity (Wildman–Crippen MR) is 126 cm³/mol. The number of nitrogens with zero attached hydrogens (tertiary/aromatic N) is 1. The van der Waals surface area contributed by atoms with Gasteiger partial charge in [-0.3, -0.25) is 9.59 Å². The van der Waals surface area contributed by atoms with E-state index in [0.29, 0.717) is 13.1 Å². The minimum atomic E-state index is -0.838. The molecule has 34 heavy (non-hydrogen) atoms. The second kappa shape index (κ2) is 9.49. The van der Waals surface area contributed by atoms with Crippen LogP contribution in [0.1, 0.15) is 49.1 Å². The smallest absolute Gasteiger partial charge is 0.407 e. The summed E-state index contributed by atoms with van der Waals surface area (Å²) in [6, 6.07) is 15.7. The molecule has 3 aliphatic rings. The molecule has 2 unspecified atom stereocenters. The van der Waals surface area contributed by atoms with Gasteiger partial charge in [0.25, 0.3) is 0 Å². The number of carboxylic acid groups (broad SMARTS) is 1. The third kappa shape index (κ3) is 4.65. The molecule has 1 saturated heterocycles. The molecular weight excluding hydrogens is 432 g/mol. The first-order valence-corrected chi connectivity index (χ1v) is 12.1. The summed E-state index contributed by atoms with van der Waals surface area (Å²) >= 11 is 0. The summed E-state index contributed by atoms with van der Waals surface area (Å²) in [5.74, 6) is -0.912. The molecule has 0 spiro atoms. The zero-order valence-electron chi connectivity index (χ0n) is 19.1. The second-order valence-electron chi connectivity index (χ2n) is 9.68. The summed E-state index contributed by atoms with van der Waals surface area (Å²) in [6.45, 7) is 1.24. The molecule has 0 aromatic heterocycles. The molecule has 1 aliphatic heterocycles. The van der Waals surface area contributed by atoms with E-state index in [0.717, 1.165) is 36.8 Å². The standard InChI is InChI=1S/C27H30N2O5/c30-24(31)14-17-6-5-13-29(15-17)26(32)25(18-11-12-18)28-27(33)34-16-23-21-9-3-1-7-19(21)20-8-2-4-10-22(20)23/h1-4,7-10,17-18,23,25H,5-6,11-16H2,(H,28,33)(H,30,31). The van der Waals surface area contributed by atoms with Gasteiger partial charge in [-0.1, -0.05) is 48.5 Å². The van der Waals surface area contributed by atoms with Gasteiger partial charge in [-0.2, -0.15) is 0 Å². The maximum atomic E-state index is 13.2. The van der Waals surface area contributed by atoms with E-state index in [2.05, 4.69) is 29.6 Å². The zero-order valence-corrected chi connectivity index (χ0v) is 19.1. The third-order valence-electron chi connectivity index (χ3n) is 7.27. The van der Waals surface area contributed by atoms with Gasteiger partial charge in [0, 0.05) is 25.4 Å². The molecule has 7 heteroatoms. The number of alkyl carbamates (subject to hydrolysis) is 1. The lowest BCUT2D eigenvalue weighted by atomic mass is 9.94. The van der Waals surface area contributed by atoms with Crippen molar-refractivity contribution < 1.29 is 24.2 Å². The topological polar surface area (TPSA) is 95.9 Å². The van der Waals surface area contributed by atoms with Crippen LogP contribution in [0.2, 0.25) is 0 Å². The summed E-state index contributed by atoms with van der Waals surface area (Å²) in [6.07, 6.45) is 2.87.